The number of nitrogens with zero attached hydrogens (tertiary/aromatic N) is 3. The molecule has 3 rings (SSSR count). The third-order valence-electron chi connectivity index (χ3n) is 4.07. The number of benzene rings is 2. The zero-order valence-corrected chi connectivity index (χ0v) is 13.9. The van der Waals surface area contributed by atoms with Gasteiger partial charge in [-0.2, -0.15) is 5.10 Å². The van der Waals surface area contributed by atoms with Gasteiger partial charge in [0.05, 0.1) is 14.2 Å². The van der Waals surface area contributed by atoms with E-state index in [0.29, 0.717) is 0 Å². The highest BCUT2D eigenvalue weighted by Gasteiger charge is 2.31. The highest BCUT2D eigenvalue weighted by molar-refractivity contribution is 5.99. The molecule has 120 valence electrons. The van der Waals surface area contributed by atoms with Gasteiger partial charge in [-0.15, -0.1) is 0 Å². The Labute approximate surface area is 136 Å². The van der Waals surface area contributed by atoms with Gasteiger partial charge in [-0.1, -0.05) is 12.1 Å². The Hall–Kier alpha value is -2.69. The van der Waals surface area contributed by atoms with E-state index in [2.05, 4.69) is 24.1 Å². The van der Waals surface area contributed by atoms with Crippen LogP contribution in [0.2, 0.25) is 0 Å². The van der Waals surface area contributed by atoms with Crippen LogP contribution < -0.4 is 9.47 Å². The molecule has 0 saturated carbocycles. The first-order valence-electron chi connectivity index (χ1n) is 7.46. The molecule has 2 aromatic carbocycles. The summed E-state index contributed by atoms with van der Waals surface area (Å²) in [5, 5.41) is 6.67. The number of rotatable bonds is 4. The predicted octanol–water partition coefficient (Wildman–Crippen LogP) is 2.94. The summed E-state index contributed by atoms with van der Waals surface area (Å²) in [5.74, 6) is 2.64. The first-order valence-corrected chi connectivity index (χ1v) is 7.46. The van der Waals surface area contributed by atoms with Crippen LogP contribution in [0.1, 0.15) is 17.3 Å². The quantitative estimate of drug-likeness (QED) is 0.870. The molecule has 1 aliphatic rings. The third kappa shape index (κ3) is 2.82. The first-order chi connectivity index (χ1) is 11.1. The monoisotopic (exact) mass is 311 g/mol. The van der Waals surface area contributed by atoms with Gasteiger partial charge in [0.15, 0.2) is 5.84 Å². The van der Waals surface area contributed by atoms with Gasteiger partial charge in [-0.25, -0.2) is 0 Å². The van der Waals surface area contributed by atoms with Crippen molar-refractivity contribution in [1.82, 2.24) is 9.91 Å². The minimum absolute atomic E-state index is 0.0676. The topological polar surface area (TPSA) is 37.3 Å². The molecule has 0 amide bonds. The summed E-state index contributed by atoms with van der Waals surface area (Å²) in [7, 11) is 7.39. The smallest absolute Gasteiger partial charge is 0.157 e. The van der Waals surface area contributed by atoms with Crippen LogP contribution in [0, 0.1) is 0 Å². The third-order valence-corrected chi connectivity index (χ3v) is 4.07. The lowest BCUT2D eigenvalue weighted by atomic mass is 10.1. The van der Waals surface area contributed by atoms with Crippen molar-refractivity contribution in [2.75, 3.05) is 28.3 Å². The van der Waals surface area contributed by atoms with Crippen molar-refractivity contribution in [3.8, 4) is 11.5 Å². The van der Waals surface area contributed by atoms with Crippen molar-refractivity contribution >= 4 is 5.84 Å². The van der Waals surface area contributed by atoms with E-state index in [0.717, 1.165) is 22.9 Å². The van der Waals surface area contributed by atoms with Crippen molar-refractivity contribution < 1.29 is 9.47 Å². The van der Waals surface area contributed by atoms with Crippen LogP contribution in [0.15, 0.2) is 53.6 Å². The van der Waals surface area contributed by atoms with Gasteiger partial charge in [0.1, 0.15) is 17.7 Å². The number of ether oxygens (including phenoxy) is 2. The Kier molecular flexibility index (Phi) is 4.10. The highest BCUT2D eigenvalue weighted by atomic mass is 16.5. The molecular formula is C18H21N3O2. The van der Waals surface area contributed by atoms with Gasteiger partial charge in [-0.3, -0.25) is 5.01 Å². The molecule has 0 aliphatic carbocycles. The van der Waals surface area contributed by atoms with Crippen LogP contribution in [0.3, 0.4) is 0 Å². The zero-order chi connectivity index (χ0) is 16.4. The maximum absolute atomic E-state index is 5.23. The number of methoxy groups -OCH3 is 2. The van der Waals surface area contributed by atoms with E-state index in [-0.39, 0.29) is 6.17 Å². The molecule has 0 aromatic heterocycles. The van der Waals surface area contributed by atoms with Crippen LogP contribution in [0.5, 0.6) is 11.5 Å². The molecule has 0 N–H and O–H groups in total. The highest BCUT2D eigenvalue weighted by Crippen LogP contribution is 2.31. The standard InChI is InChI=1S/C18H21N3O2/c1-20-17(13-5-9-15(22-3)10-6-13)19-21(2)18(20)14-7-11-16(23-4)12-8-14/h5-12,18H,1-4H3. The molecule has 0 radical (unpaired) electrons. The van der Waals surface area contributed by atoms with Gasteiger partial charge >= 0.3 is 0 Å². The van der Waals surface area contributed by atoms with Crippen molar-refractivity contribution in [2.45, 2.75) is 6.17 Å². The average Bonchev–Trinajstić information content (AvgIpc) is 2.89. The molecule has 5 heteroatoms. The summed E-state index contributed by atoms with van der Waals surface area (Å²) in [6, 6.07) is 16.0. The molecule has 23 heavy (non-hydrogen) atoms. The van der Waals surface area contributed by atoms with Gasteiger partial charge in [0, 0.05) is 19.7 Å². The summed E-state index contributed by atoms with van der Waals surface area (Å²) in [4.78, 5) is 2.17. The second-order valence-corrected chi connectivity index (χ2v) is 5.48. The van der Waals surface area contributed by atoms with Crippen molar-refractivity contribution in [1.29, 1.82) is 0 Å². The van der Waals surface area contributed by atoms with Crippen LogP contribution in [0.4, 0.5) is 0 Å². The van der Waals surface area contributed by atoms with Gasteiger partial charge in [0.25, 0.3) is 0 Å². The van der Waals surface area contributed by atoms with E-state index in [1.165, 1.54) is 5.56 Å². The summed E-state index contributed by atoms with van der Waals surface area (Å²) in [6.07, 6.45) is 0.0676. The van der Waals surface area contributed by atoms with Crippen molar-refractivity contribution in [3.05, 3.63) is 59.7 Å². The lowest BCUT2D eigenvalue weighted by Crippen LogP contribution is -2.30. The second kappa shape index (κ2) is 6.20. The minimum Gasteiger partial charge on any atom is -0.497 e. The summed E-state index contributed by atoms with van der Waals surface area (Å²) in [6.45, 7) is 0. The molecule has 0 fully saturated rings. The molecule has 1 aliphatic heterocycles. The Balaban J connectivity index is 1.86. The molecule has 5 nitrogen and oxygen atoms in total. The fourth-order valence-corrected chi connectivity index (χ4v) is 2.86. The van der Waals surface area contributed by atoms with E-state index in [4.69, 9.17) is 14.6 Å². The van der Waals surface area contributed by atoms with Gasteiger partial charge < -0.3 is 14.4 Å². The first kappa shape index (κ1) is 15.2. The number of hydrazone groups is 1. The summed E-state index contributed by atoms with van der Waals surface area (Å²) in [5.41, 5.74) is 2.24. The molecule has 0 bridgehead atoms. The van der Waals surface area contributed by atoms with Crippen LogP contribution in [0.25, 0.3) is 0 Å². The number of hydrogen-bond acceptors (Lipinski definition) is 5. The van der Waals surface area contributed by atoms with Crippen LogP contribution in [-0.2, 0) is 0 Å². The maximum atomic E-state index is 5.23. The lowest BCUT2D eigenvalue weighted by molar-refractivity contribution is 0.183. The van der Waals surface area contributed by atoms with Crippen molar-refractivity contribution in [2.24, 2.45) is 5.10 Å². The molecule has 1 heterocycles. The largest absolute Gasteiger partial charge is 0.497 e. The van der Waals surface area contributed by atoms with Crippen LogP contribution >= 0.6 is 0 Å². The van der Waals surface area contributed by atoms with E-state index >= 15 is 0 Å². The molecule has 1 atom stereocenters. The van der Waals surface area contributed by atoms with E-state index < -0.39 is 0 Å². The molecular weight excluding hydrogens is 290 g/mol. The summed E-state index contributed by atoms with van der Waals surface area (Å²) >= 11 is 0. The Morgan fingerprint density at radius 3 is 1.87 bits per heavy atom. The second-order valence-electron chi connectivity index (χ2n) is 5.48. The SMILES string of the molecule is COc1ccc(C2=NN(C)C(c3ccc(OC)cc3)N2C)cc1. The Bertz CT molecular complexity index is 695. The lowest BCUT2D eigenvalue weighted by Gasteiger charge is -2.27. The van der Waals surface area contributed by atoms with E-state index in [1.54, 1.807) is 14.2 Å². The molecule has 0 spiro atoms. The molecule has 2 aromatic rings. The fourth-order valence-electron chi connectivity index (χ4n) is 2.86. The average molecular weight is 311 g/mol. The molecule has 1 unspecified atom stereocenters. The minimum atomic E-state index is 0.0676. The van der Waals surface area contributed by atoms with Crippen molar-refractivity contribution in [3.63, 3.8) is 0 Å². The Morgan fingerprint density at radius 2 is 1.35 bits per heavy atom. The normalized spacial score (nSPS) is 17.2. The van der Waals surface area contributed by atoms with Gasteiger partial charge in [-0.05, 0) is 42.0 Å². The maximum Gasteiger partial charge on any atom is 0.157 e. The summed E-state index contributed by atoms with van der Waals surface area (Å²) < 4.78 is 10.4. The van der Waals surface area contributed by atoms with E-state index in [9.17, 15) is 0 Å². The number of amidine groups is 1. The van der Waals surface area contributed by atoms with Crippen LogP contribution in [-0.4, -0.2) is 44.1 Å². The number of hydrogen-bond donors (Lipinski definition) is 0. The van der Waals surface area contributed by atoms with E-state index in [1.807, 2.05) is 48.5 Å². The predicted molar refractivity (Wildman–Crippen MR) is 90.8 cm³/mol. The molecule has 0 saturated heterocycles. The zero-order valence-electron chi connectivity index (χ0n) is 13.9. The fraction of sp³-hybridized carbons (Fsp3) is 0.278. The Morgan fingerprint density at radius 1 is 0.826 bits per heavy atom. The van der Waals surface area contributed by atoms with Gasteiger partial charge in [0.2, 0.25) is 0 Å².